The first-order valence-corrected chi connectivity index (χ1v) is 6.82. The summed E-state index contributed by atoms with van der Waals surface area (Å²) in [5.41, 5.74) is 0.0249. The summed E-state index contributed by atoms with van der Waals surface area (Å²) < 4.78 is 29.6. The fourth-order valence-corrected chi connectivity index (χ4v) is 2.92. The quantitative estimate of drug-likeness (QED) is 0.690. The highest BCUT2D eigenvalue weighted by Crippen LogP contribution is 2.28. The molecule has 0 aliphatic rings. The van der Waals surface area contributed by atoms with Crippen LogP contribution in [-0.2, 0) is 17.1 Å². The van der Waals surface area contributed by atoms with Gasteiger partial charge in [-0.15, -0.1) is 0 Å². The van der Waals surface area contributed by atoms with E-state index in [1.54, 1.807) is 11.6 Å². The van der Waals surface area contributed by atoms with Crippen LogP contribution in [0.1, 0.15) is 0 Å². The minimum atomic E-state index is -3.89. The molecule has 8 heteroatoms. The summed E-state index contributed by atoms with van der Waals surface area (Å²) in [6, 6.07) is 1.50. The van der Waals surface area contributed by atoms with Crippen molar-refractivity contribution in [3.05, 3.63) is 35.1 Å². The monoisotopic (exact) mass is 279 g/mol. The predicted octanol–water partition coefficient (Wildman–Crippen LogP) is 0.327. The zero-order chi connectivity index (χ0) is 13.8. The maximum Gasteiger partial charge on any atom is 0.362 e. The number of aromatic nitrogens is 2. The third-order valence-electron chi connectivity index (χ3n) is 2.94. The second-order valence-corrected chi connectivity index (χ2v) is 5.67. The van der Waals surface area contributed by atoms with E-state index < -0.39 is 15.6 Å². The molecule has 3 rings (SSSR count). The van der Waals surface area contributed by atoms with Crippen molar-refractivity contribution >= 4 is 31.8 Å². The van der Waals surface area contributed by atoms with E-state index in [-0.39, 0.29) is 10.4 Å². The van der Waals surface area contributed by atoms with Crippen molar-refractivity contribution in [2.45, 2.75) is 4.90 Å². The van der Waals surface area contributed by atoms with Gasteiger partial charge >= 0.3 is 5.63 Å². The SMILES string of the molecule is Cn1cc(S(N)(=O)=O)c2c3ccoc(=O)c3ncc21. The molecule has 0 aromatic carbocycles. The largest absolute Gasteiger partial charge is 0.430 e. The topological polar surface area (TPSA) is 108 Å². The summed E-state index contributed by atoms with van der Waals surface area (Å²) in [5, 5.41) is 5.98. The predicted molar refractivity (Wildman–Crippen MR) is 68.1 cm³/mol. The van der Waals surface area contributed by atoms with Crippen molar-refractivity contribution in [2.24, 2.45) is 12.2 Å². The summed E-state index contributed by atoms with van der Waals surface area (Å²) >= 11 is 0. The molecule has 3 heterocycles. The highest BCUT2D eigenvalue weighted by Gasteiger charge is 2.19. The minimum absolute atomic E-state index is 0.0389. The number of primary sulfonamides is 1. The van der Waals surface area contributed by atoms with Gasteiger partial charge in [-0.05, 0) is 6.07 Å². The number of hydrogen-bond acceptors (Lipinski definition) is 5. The number of hydrogen-bond donors (Lipinski definition) is 1. The Kier molecular flexibility index (Phi) is 2.28. The zero-order valence-electron chi connectivity index (χ0n) is 9.82. The fourth-order valence-electron chi connectivity index (χ4n) is 2.11. The number of pyridine rings is 1. The van der Waals surface area contributed by atoms with Crippen molar-refractivity contribution in [1.82, 2.24) is 9.55 Å². The second-order valence-electron chi connectivity index (χ2n) is 4.14. The van der Waals surface area contributed by atoms with Gasteiger partial charge in [0.1, 0.15) is 4.90 Å². The van der Waals surface area contributed by atoms with Crippen LogP contribution in [0.5, 0.6) is 0 Å². The van der Waals surface area contributed by atoms with Gasteiger partial charge in [0.15, 0.2) is 5.52 Å². The fraction of sp³-hybridized carbons (Fsp3) is 0.0909. The molecule has 0 aliphatic heterocycles. The Balaban J connectivity index is 2.69. The molecule has 0 unspecified atom stereocenters. The third kappa shape index (κ3) is 1.65. The van der Waals surface area contributed by atoms with Crippen molar-refractivity contribution in [3.63, 3.8) is 0 Å². The van der Waals surface area contributed by atoms with Crippen LogP contribution in [0.3, 0.4) is 0 Å². The molecule has 3 aromatic rings. The molecule has 0 bridgehead atoms. The number of fused-ring (bicyclic) bond motifs is 3. The molecule has 7 nitrogen and oxygen atoms in total. The number of nitrogens with zero attached hydrogens (tertiary/aromatic N) is 2. The Morgan fingerprint density at radius 3 is 2.84 bits per heavy atom. The summed E-state index contributed by atoms with van der Waals surface area (Å²) in [6.07, 6.45) is 4.02. The molecule has 0 fully saturated rings. The maximum atomic E-state index is 11.6. The van der Waals surface area contributed by atoms with E-state index in [1.165, 1.54) is 24.7 Å². The van der Waals surface area contributed by atoms with Crippen molar-refractivity contribution in [2.75, 3.05) is 0 Å². The molecule has 0 amide bonds. The summed E-state index contributed by atoms with van der Waals surface area (Å²) in [7, 11) is -2.22. The Morgan fingerprint density at radius 1 is 1.42 bits per heavy atom. The van der Waals surface area contributed by atoms with E-state index in [2.05, 4.69) is 4.98 Å². The van der Waals surface area contributed by atoms with Crippen LogP contribution in [0.2, 0.25) is 0 Å². The first kappa shape index (κ1) is 11.9. The second kappa shape index (κ2) is 3.65. The molecule has 2 N–H and O–H groups in total. The van der Waals surface area contributed by atoms with Gasteiger partial charge in [0.2, 0.25) is 10.0 Å². The van der Waals surface area contributed by atoms with Crippen LogP contribution in [0.25, 0.3) is 21.8 Å². The Hall–Kier alpha value is -2.19. The van der Waals surface area contributed by atoms with Crippen molar-refractivity contribution in [1.29, 1.82) is 0 Å². The van der Waals surface area contributed by atoms with E-state index in [9.17, 15) is 13.2 Å². The Bertz CT molecular complexity index is 969. The third-order valence-corrected chi connectivity index (χ3v) is 3.87. The Morgan fingerprint density at radius 2 is 2.16 bits per heavy atom. The lowest BCUT2D eigenvalue weighted by Crippen LogP contribution is -2.12. The van der Waals surface area contributed by atoms with Crippen LogP contribution in [0.15, 0.2) is 38.8 Å². The number of nitrogens with two attached hydrogens (primary N) is 1. The maximum absolute atomic E-state index is 11.6. The van der Waals surface area contributed by atoms with Gasteiger partial charge in [-0.1, -0.05) is 0 Å². The first-order valence-electron chi connectivity index (χ1n) is 5.28. The van der Waals surface area contributed by atoms with Gasteiger partial charge in [-0.25, -0.2) is 23.3 Å². The van der Waals surface area contributed by atoms with Gasteiger partial charge in [-0.3, -0.25) is 0 Å². The van der Waals surface area contributed by atoms with Crippen molar-refractivity contribution < 1.29 is 12.8 Å². The molecule has 0 radical (unpaired) electrons. The Labute approximate surface area is 107 Å². The summed E-state index contributed by atoms with van der Waals surface area (Å²) in [4.78, 5) is 15.5. The molecule has 19 heavy (non-hydrogen) atoms. The standard InChI is InChI=1S/C11H9N3O4S/c1-14-5-8(19(12,16)17)9-6-2-3-18-11(15)10(6)13-4-7(9)14/h2-5H,1H3,(H2,12,16,17). The molecule has 98 valence electrons. The molecule has 3 aromatic heterocycles. The molecular weight excluding hydrogens is 270 g/mol. The van der Waals surface area contributed by atoms with Crippen LogP contribution in [0.4, 0.5) is 0 Å². The zero-order valence-corrected chi connectivity index (χ0v) is 10.6. The lowest BCUT2D eigenvalue weighted by Gasteiger charge is -2.00. The van der Waals surface area contributed by atoms with Crippen LogP contribution in [0, 0.1) is 0 Å². The molecule has 0 saturated carbocycles. The minimum Gasteiger partial charge on any atom is -0.430 e. The number of aryl methyl sites for hydroxylation is 1. The smallest absolute Gasteiger partial charge is 0.362 e. The van der Waals surface area contributed by atoms with Crippen LogP contribution >= 0.6 is 0 Å². The highest BCUT2D eigenvalue weighted by atomic mass is 32.2. The van der Waals surface area contributed by atoms with Crippen LogP contribution < -0.4 is 10.8 Å². The van der Waals surface area contributed by atoms with Gasteiger partial charge in [0.05, 0.1) is 18.0 Å². The van der Waals surface area contributed by atoms with Gasteiger partial charge < -0.3 is 8.98 Å². The average Bonchev–Trinajstić information content (AvgIpc) is 2.68. The van der Waals surface area contributed by atoms with E-state index in [0.29, 0.717) is 16.3 Å². The number of sulfonamides is 1. The highest BCUT2D eigenvalue weighted by molar-refractivity contribution is 7.89. The van der Waals surface area contributed by atoms with Crippen molar-refractivity contribution in [3.8, 4) is 0 Å². The molecule has 0 spiro atoms. The van der Waals surface area contributed by atoms with Gasteiger partial charge in [0, 0.05) is 24.0 Å². The van der Waals surface area contributed by atoms with E-state index >= 15 is 0 Å². The number of rotatable bonds is 1. The van der Waals surface area contributed by atoms with E-state index in [0.717, 1.165) is 0 Å². The molecule has 0 atom stereocenters. The van der Waals surface area contributed by atoms with E-state index in [1.807, 2.05) is 0 Å². The summed E-state index contributed by atoms with van der Waals surface area (Å²) in [5.74, 6) is 0. The summed E-state index contributed by atoms with van der Waals surface area (Å²) in [6.45, 7) is 0. The lowest BCUT2D eigenvalue weighted by molar-refractivity contribution is 0.518. The molecule has 0 aliphatic carbocycles. The van der Waals surface area contributed by atoms with Gasteiger partial charge in [0.25, 0.3) is 0 Å². The van der Waals surface area contributed by atoms with Crippen LogP contribution in [-0.4, -0.2) is 18.0 Å². The van der Waals surface area contributed by atoms with E-state index in [4.69, 9.17) is 9.56 Å². The normalized spacial score (nSPS) is 12.3. The molecule has 0 saturated heterocycles. The molecular formula is C11H9N3O4S. The lowest BCUT2D eigenvalue weighted by atomic mass is 10.2. The first-order chi connectivity index (χ1) is 8.89. The van der Waals surface area contributed by atoms with Gasteiger partial charge in [-0.2, -0.15) is 0 Å². The average molecular weight is 279 g/mol.